The van der Waals surface area contributed by atoms with Crippen molar-refractivity contribution in [3.63, 3.8) is 0 Å². The summed E-state index contributed by atoms with van der Waals surface area (Å²) < 4.78 is 10.1. The number of benzene rings is 1. The van der Waals surface area contributed by atoms with Crippen molar-refractivity contribution in [3.05, 3.63) is 35.4 Å². The Labute approximate surface area is 102 Å². The smallest absolute Gasteiger partial charge is 0.217 e. The molecule has 0 aliphatic rings. The molecule has 0 saturated heterocycles. The predicted octanol–water partition coefficient (Wildman–Crippen LogP) is 1.79. The predicted molar refractivity (Wildman–Crippen MR) is 65.6 cm³/mol. The van der Waals surface area contributed by atoms with Gasteiger partial charge in [0.25, 0.3) is 0 Å². The Morgan fingerprint density at radius 3 is 2.53 bits per heavy atom. The lowest BCUT2D eigenvalue weighted by Crippen LogP contribution is -2.29. The molecule has 0 aliphatic carbocycles. The average Bonchev–Trinajstić information content (AvgIpc) is 2.28. The molecule has 0 aliphatic heterocycles. The molecule has 0 saturated carbocycles. The minimum Gasteiger partial charge on any atom is -0.359 e. The molecule has 1 unspecified atom stereocenters. The second kappa shape index (κ2) is 7.04. The quantitative estimate of drug-likeness (QED) is 0.606. The van der Waals surface area contributed by atoms with Crippen LogP contribution in [0.25, 0.3) is 0 Å². The first-order chi connectivity index (χ1) is 8.13. The molecule has 4 nitrogen and oxygen atoms in total. The molecule has 1 amide bonds. The topological polar surface area (TPSA) is 47.6 Å². The highest BCUT2D eigenvalue weighted by atomic mass is 16.7. The lowest BCUT2D eigenvalue weighted by Gasteiger charge is -2.18. The van der Waals surface area contributed by atoms with Crippen LogP contribution in [-0.4, -0.2) is 26.4 Å². The number of carbonyl (C=O) groups excluding carboxylic acids is 1. The summed E-state index contributed by atoms with van der Waals surface area (Å²) in [5, 5.41) is 2.86. The third-order valence-corrected chi connectivity index (χ3v) is 2.34. The summed E-state index contributed by atoms with van der Waals surface area (Å²) in [7, 11) is 1.57. The standard InChI is InChI=1S/C13H19NO3/c1-10-4-6-12(7-5-10)13(14-11(2)15)8-17-9-16-3/h4-7,13H,8-9H2,1-3H3,(H,14,15). The van der Waals surface area contributed by atoms with E-state index in [9.17, 15) is 4.79 Å². The highest BCUT2D eigenvalue weighted by molar-refractivity contribution is 5.73. The van der Waals surface area contributed by atoms with Gasteiger partial charge >= 0.3 is 0 Å². The van der Waals surface area contributed by atoms with Gasteiger partial charge in [-0.2, -0.15) is 0 Å². The SMILES string of the molecule is COCOCC(NC(C)=O)c1ccc(C)cc1. The summed E-state index contributed by atoms with van der Waals surface area (Å²) in [4.78, 5) is 11.1. The maximum Gasteiger partial charge on any atom is 0.217 e. The number of hydrogen-bond acceptors (Lipinski definition) is 3. The Hall–Kier alpha value is -1.39. The van der Waals surface area contributed by atoms with E-state index in [0.29, 0.717) is 6.61 Å². The fraction of sp³-hybridized carbons (Fsp3) is 0.462. The van der Waals surface area contributed by atoms with Gasteiger partial charge in [-0.05, 0) is 12.5 Å². The minimum absolute atomic E-state index is 0.0726. The minimum atomic E-state index is -0.136. The Morgan fingerprint density at radius 2 is 2.00 bits per heavy atom. The fourth-order valence-corrected chi connectivity index (χ4v) is 1.51. The zero-order valence-corrected chi connectivity index (χ0v) is 10.5. The van der Waals surface area contributed by atoms with E-state index in [4.69, 9.17) is 9.47 Å². The Kier molecular flexibility index (Phi) is 5.66. The van der Waals surface area contributed by atoms with Crippen LogP contribution in [-0.2, 0) is 14.3 Å². The molecule has 0 aromatic heterocycles. The molecular formula is C13H19NO3. The first kappa shape index (κ1) is 13.7. The van der Waals surface area contributed by atoms with E-state index in [1.165, 1.54) is 12.5 Å². The van der Waals surface area contributed by atoms with Crippen molar-refractivity contribution in [2.45, 2.75) is 19.9 Å². The van der Waals surface area contributed by atoms with Crippen LogP contribution in [0, 0.1) is 6.92 Å². The molecule has 0 spiro atoms. The molecule has 0 heterocycles. The van der Waals surface area contributed by atoms with Crippen LogP contribution in [0.2, 0.25) is 0 Å². The van der Waals surface area contributed by atoms with Crippen LogP contribution in [0.15, 0.2) is 24.3 Å². The van der Waals surface area contributed by atoms with Crippen LogP contribution < -0.4 is 5.32 Å². The van der Waals surface area contributed by atoms with Gasteiger partial charge in [-0.1, -0.05) is 29.8 Å². The number of rotatable bonds is 6. The largest absolute Gasteiger partial charge is 0.359 e. The van der Waals surface area contributed by atoms with Gasteiger partial charge in [-0.15, -0.1) is 0 Å². The van der Waals surface area contributed by atoms with Gasteiger partial charge in [-0.25, -0.2) is 0 Å². The molecule has 0 fully saturated rings. The van der Waals surface area contributed by atoms with Crippen molar-refractivity contribution in [3.8, 4) is 0 Å². The number of hydrogen-bond donors (Lipinski definition) is 1. The summed E-state index contributed by atoms with van der Waals surface area (Å²) in [5.74, 6) is -0.0726. The van der Waals surface area contributed by atoms with E-state index in [0.717, 1.165) is 5.56 Å². The van der Waals surface area contributed by atoms with Gasteiger partial charge in [0.05, 0.1) is 12.6 Å². The second-order valence-corrected chi connectivity index (χ2v) is 3.94. The molecule has 1 rings (SSSR count). The molecular weight excluding hydrogens is 218 g/mol. The van der Waals surface area contributed by atoms with E-state index in [-0.39, 0.29) is 18.7 Å². The molecule has 4 heteroatoms. The van der Waals surface area contributed by atoms with E-state index in [1.54, 1.807) is 7.11 Å². The molecule has 0 radical (unpaired) electrons. The Bertz CT molecular complexity index is 348. The number of amides is 1. The zero-order valence-electron chi connectivity index (χ0n) is 10.5. The third kappa shape index (κ3) is 4.97. The first-order valence-corrected chi connectivity index (χ1v) is 5.54. The van der Waals surface area contributed by atoms with Gasteiger partial charge in [0.15, 0.2) is 0 Å². The van der Waals surface area contributed by atoms with E-state index in [2.05, 4.69) is 5.32 Å². The van der Waals surface area contributed by atoms with Crippen molar-refractivity contribution in [1.29, 1.82) is 0 Å². The van der Waals surface area contributed by atoms with Crippen molar-refractivity contribution in [1.82, 2.24) is 5.32 Å². The van der Waals surface area contributed by atoms with Gasteiger partial charge in [-0.3, -0.25) is 4.79 Å². The van der Waals surface area contributed by atoms with Crippen LogP contribution in [0.3, 0.4) is 0 Å². The summed E-state index contributed by atoms with van der Waals surface area (Å²) in [6.07, 6.45) is 0. The van der Waals surface area contributed by atoms with E-state index >= 15 is 0 Å². The monoisotopic (exact) mass is 237 g/mol. The Balaban J connectivity index is 2.67. The summed E-state index contributed by atoms with van der Waals surface area (Å²) in [5.41, 5.74) is 2.22. The van der Waals surface area contributed by atoms with Crippen LogP contribution in [0.1, 0.15) is 24.1 Å². The summed E-state index contributed by atoms with van der Waals surface area (Å²) in [6, 6.07) is 7.88. The van der Waals surface area contributed by atoms with E-state index < -0.39 is 0 Å². The number of nitrogens with one attached hydrogen (secondary N) is 1. The van der Waals surface area contributed by atoms with Crippen LogP contribution >= 0.6 is 0 Å². The van der Waals surface area contributed by atoms with Crippen molar-refractivity contribution in [2.24, 2.45) is 0 Å². The highest BCUT2D eigenvalue weighted by Crippen LogP contribution is 2.14. The van der Waals surface area contributed by atoms with Crippen LogP contribution in [0.5, 0.6) is 0 Å². The van der Waals surface area contributed by atoms with Gasteiger partial charge in [0.1, 0.15) is 6.79 Å². The molecule has 1 aromatic rings. The lowest BCUT2D eigenvalue weighted by atomic mass is 10.1. The summed E-state index contributed by atoms with van der Waals surface area (Å²) in [6.45, 7) is 4.15. The van der Waals surface area contributed by atoms with E-state index in [1.807, 2.05) is 31.2 Å². The molecule has 1 aromatic carbocycles. The highest BCUT2D eigenvalue weighted by Gasteiger charge is 2.12. The maximum atomic E-state index is 11.1. The molecule has 1 N–H and O–H groups in total. The number of aryl methyl sites for hydroxylation is 1. The van der Waals surface area contributed by atoms with Gasteiger partial charge < -0.3 is 14.8 Å². The molecule has 17 heavy (non-hydrogen) atoms. The first-order valence-electron chi connectivity index (χ1n) is 5.54. The number of carbonyl (C=O) groups is 1. The summed E-state index contributed by atoms with van der Waals surface area (Å²) >= 11 is 0. The molecule has 1 atom stereocenters. The molecule has 0 bridgehead atoms. The van der Waals surface area contributed by atoms with Crippen molar-refractivity contribution in [2.75, 3.05) is 20.5 Å². The third-order valence-electron chi connectivity index (χ3n) is 2.34. The maximum absolute atomic E-state index is 11.1. The normalized spacial score (nSPS) is 12.2. The number of methoxy groups -OCH3 is 1. The fourth-order valence-electron chi connectivity index (χ4n) is 1.51. The average molecular weight is 237 g/mol. The lowest BCUT2D eigenvalue weighted by molar-refractivity contribution is -0.120. The van der Waals surface area contributed by atoms with Gasteiger partial charge in [0.2, 0.25) is 5.91 Å². The van der Waals surface area contributed by atoms with Gasteiger partial charge in [0, 0.05) is 14.0 Å². The Morgan fingerprint density at radius 1 is 1.35 bits per heavy atom. The zero-order chi connectivity index (χ0) is 12.7. The van der Waals surface area contributed by atoms with Crippen LogP contribution in [0.4, 0.5) is 0 Å². The number of ether oxygens (including phenoxy) is 2. The van der Waals surface area contributed by atoms with Crippen molar-refractivity contribution >= 4 is 5.91 Å². The second-order valence-electron chi connectivity index (χ2n) is 3.94. The van der Waals surface area contributed by atoms with Crippen molar-refractivity contribution < 1.29 is 14.3 Å². The molecule has 94 valence electrons.